The standard InChI is InChI=1S/C10H11NO5S/c12-7(5-10(13)14)6-17-9-4-2-1-3-8(9)11(15)16/h1-4,7,12H,5-6H2,(H,13,14). The van der Waals surface area contributed by atoms with Crippen molar-refractivity contribution in [3.05, 3.63) is 34.4 Å². The lowest BCUT2D eigenvalue weighted by molar-refractivity contribution is -0.387. The van der Waals surface area contributed by atoms with Crippen molar-refractivity contribution in [2.75, 3.05) is 5.75 Å². The van der Waals surface area contributed by atoms with Gasteiger partial charge in [0.15, 0.2) is 0 Å². The maximum atomic E-state index is 10.7. The van der Waals surface area contributed by atoms with Crippen LogP contribution in [0.1, 0.15) is 6.42 Å². The summed E-state index contributed by atoms with van der Waals surface area (Å²) in [4.78, 5) is 20.9. The van der Waals surface area contributed by atoms with Gasteiger partial charge in [0.2, 0.25) is 0 Å². The first-order chi connectivity index (χ1) is 8.00. The van der Waals surface area contributed by atoms with Crippen LogP contribution in [0.3, 0.4) is 0 Å². The Morgan fingerprint density at radius 2 is 2.12 bits per heavy atom. The molecule has 0 spiro atoms. The third kappa shape index (κ3) is 4.41. The first-order valence-corrected chi connectivity index (χ1v) is 5.75. The number of nitro groups is 1. The van der Waals surface area contributed by atoms with E-state index in [0.29, 0.717) is 4.90 Å². The van der Waals surface area contributed by atoms with E-state index in [1.165, 1.54) is 6.07 Å². The predicted molar refractivity (Wildman–Crippen MR) is 62.1 cm³/mol. The van der Waals surface area contributed by atoms with Crippen molar-refractivity contribution in [1.29, 1.82) is 0 Å². The number of benzene rings is 1. The summed E-state index contributed by atoms with van der Waals surface area (Å²) in [5.41, 5.74) is -0.0416. The summed E-state index contributed by atoms with van der Waals surface area (Å²) in [6, 6.07) is 6.14. The molecule has 2 N–H and O–H groups in total. The van der Waals surface area contributed by atoms with Crippen molar-refractivity contribution in [2.24, 2.45) is 0 Å². The van der Waals surface area contributed by atoms with Crippen molar-refractivity contribution in [1.82, 2.24) is 0 Å². The van der Waals surface area contributed by atoms with Crippen molar-refractivity contribution >= 4 is 23.4 Å². The average Bonchev–Trinajstić information content (AvgIpc) is 2.25. The highest BCUT2D eigenvalue weighted by molar-refractivity contribution is 7.99. The number of nitrogens with zero attached hydrogens (tertiary/aromatic N) is 1. The maximum Gasteiger partial charge on any atom is 0.306 e. The van der Waals surface area contributed by atoms with E-state index in [2.05, 4.69) is 0 Å². The Labute approximate surface area is 101 Å². The van der Waals surface area contributed by atoms with E-state index in [0.717, 1.165) is 11.8 Å². The van der Waals surface area contributed by atoms with E-state index in [1.54, 1.807) is 18.2 Å². The van der Waals surface area contributed by atoms with Crippen LogP contribution < -0.4 is 0 Å². The van der Waals surface area contributed by atoms with E-state index in [1.807, 2.05) is 0 Å². The van der Waals surface area contributed by atoms with Gasteiger partial charge >= 0.3 is 5.97 Å². The molecular formula is C10H11NO5S. The fourth-order valence-corrected chi connectivity index (χ4v) is 2.13. The third-order valence-corrected chi connectivity index (χ3v) is 3.11. The normalized spacial score (nSPS) is 12.1. The lowest BCUT2D eigenvalue weighted by Crippen LogP contribution is -2.15. The summed E-state index contributed by atoms with van der Waals surface area (Å²) in [5, 5.41) is 28.5. The molecule has 1 unspecified atom stereocenters. The first-order valence-electron chi connectivity index (χ1n) is 4.76. The molecule has 7 heteroatoms. The summed E-state index contributed by atoms with van der Waals surface area (Å²) in [7, 11) is 0. The number of para-hydroxylation sites is 1. The highest BCUT2D eigenvalue weighted by atomic mass is 32.2. The Bertz CT molecular complexity index is 423. The smallest absolute Gasteiger partial charge is 0.306 e. The number of aliphatic carboxylic acids is 1. The van der Waals surface area contributed by atoms with Gasteiger partial charge in [-0.1, -0.05) is 12.1 Å². The molecule has 17 heavy (non-hydrogen) atoms. The van der Waals surface area contributed by atoms with E-state index < -0.39 is 17.0 Å². The van der Waals surface area contributed by atoms with Crippen LogP contribution in [-0.2, 0) is 4.79 Å². The molecule has 0 aliphatic heterocycles. The molecule has 1 rings (SSSR count). The molecule has 1 aromatic carbocycles. The minimum absolute atomic E-state index is 0.0416. The van der Waals surface area contributed by atoms with Gasteiger partial charge in [-0.2, -0.15) is 0 Å². The van der Waals surface area contributed by atoms with E-state index in [9.17, 15) is 20.0 Å². The topological polar surface area (TPSA) is 101 Å². The fraction of sp³-hybridized carbons (Fsp3) is 0.300. The second-order valence-electron chi connectivity index (χ2n) is 3.29. The van der Waals surface area contributed by atoms with E-state index >= 15 is 0 Å². The third-order valence-electron chi connectivity index (χ3n) is 1.90. The lowest BCUT2D eigenvalue weighted by Gasteiger charge is -2.07. The number of carboxylic acid groups (broad SMARTS) is 1. The van der Waals surface area contributed by atoms with Gasteiger partial charge in [0.05, 0.1) is 22.3 Å². The Morgan fingerprint density at radius 1 is 1.47 bits per heavy atom. The van der Waals surface area contributed by atoms with Crippen LogP contribution in [-0.4, -0.2) is 33.0 Å². The number of aliphatic hydroxyl groups excluding tert-OH is 1. The van der Waals surface area contributed by atoms with Crippen molar-refractivity contribution in [3.8, 4) is 0 Å². The van der Waals surface area contributed by atoms with Crippen molar-refractivity contribution in [2.45, 2.75) is 17.4 Å². The molecule has 0 saturated heterocycles. The number of aliphatic hydroxyl groups is 1. The van der Waals surface area contributed by atoms with Gasteiger partial charge in [0.1, 0.15) is 0 Å². The van der Waals surface area contributed by atoms with Gasteiger partial charge in [0, 0.05) is 11.8 Å². The van der Waals surface area contributed by atoms with Crippen LogP contribution in [0.15, 0.2) is 29.2 Å². The molecule has 0 radical (unpaired) electrons. The SMILES string of the molecule is O=C(O)CC(O)CSc1ccccc1[N+](=O)[O-]. The van der Waals surface area contributed by atoms with Crippen LogP contribution in [0.5, 0.6) is 0 Å². The zero-order valence-electron chi connectivity index (χ0n) is 8.78. The predicted octanol–water partition coefficient (Wildman–Crippen LogP) is 1.52. The Hall–Kier alpha value is -1.60. The monoisotopic (exact) mass is 257 g/mol. The molecule has 1 aromatic rings. The summed E-state index contributed by atoms with van der Waals surface area (Å²) in [5.74, 6) is -0.988. The molecule has 0 amide bonds. The molecule has 92 valence electrons. The summed E-state index contributed by atoms with van der Waals surface area (Å²) >= 11 is 1.07. The molecule has 0 aromatic heterocycles. The minimum atomic E-state index is -1.10. The molecule has 1 atom stereocenters. The number of carbonyl (C=O) groups is 1. The van der Waals surface area contributed by atoms with Gasteiger partial charge < -0.3 is 10.2 Å². The fourth-order valence-electron chi connectivity index (χ4n) is 1.18. The number of hydrogen-bond donors (Lipinski definition) is 2. The quantitative estimate of drug-likeness (QED) is 0.455. The van der Waals surface area contributed by atoms with Gasteiger partial charge in [-0.3, -0.25) is 14.9 Å². The summed E-state index contributed by atoms with van der Waals surface area (Å²) in [6.07, 6.45) is -1.38. The van der Waals surface area contributed by atoms with Gasteiger partial charge in [-0.15, -0.1) is 11.8 Å². The van der Waals surface area contributed by atoms with Crippen LogP contribution >= 0.6 is 11.8 Å². The van der Waals surface area contributed by atoms with E-state index in [-0.39, 0.29) is 17.9 Å². The molecule has 0 aliphatic carbocycles. The number of nitro benzene ring substituents is 1. The van der Waals surface area contributed by atoms with Gasteiger partial charge in [-0.25, -0.2) is 0 Å². The molecule has 0 bridgehead atoms. The molecular weight excluding hydrogens is 246 g/mol. The number of thioether (sulfide) groups is 1. The number of hydrogen-bond acceptors (Lipinski definition) is 5. The average molecular weight is 257 g/mol. The summed E-state index contributed by atoms with van der Waals surface area (Å²) < 4.78 is 0. The van der Waals surface area contributed by atoms with Crippen LogP contribution in [0, 0.1) is 10.1 Å². The maximum absolute atomic E-state index is 10.7. The molecule has 0 saturated carbocycles. The largest absolute Gasteiger partial charge is 0.481 e. The molecule has 0 fully saturated rings. The zero-order valence-corrected chi connectivity index (χ0v) is 9.59. The zero-order chi connectivity index (χ0) is 12.8. The lowest BCUT2D eigenvalue weighted by atomic mass is 10.3. The van der Waals surface area contributed by atoms with E-state index in [4.69, 9.17) is 5.11 Å². The van der Waals surface area contributed by atoms with Crippen LogP contribution in [0.25, 0.3) is 0 Å². The Balaban J connectivity index is 2.63. The number of rotatable bonds is 6. The minimum Gasteiger partial charge on any atom is -0.481 e. The second kappa shape index (κ2) is 6.21. The Morgan fingerprint density at radius 3 is 2.71 bits per heavy atom. The highest BCUT2D eigenvalue weighted by Gasteiger charge is 2.15. The van der Waals surface area contributed by atoms with Crippen molar-refractivity contribution in [3.63, 3.8) is 0 Å². The molecule has 0 heterocycles. The summed E-state index contributed by atoms with van der Waals surface area (Å²) in [6.45, 7) is 0. The molecule has 0 aliphatic rings. The van der Waals surface area contributed by atoms with Crippen molar-refractivity contribution < 1.29 is 19.9 Å². The number of carboxylic acids is 1. The second-order valence-corrected chi connectivity index (χ2v) is 4.35. The van der Waals surface area contributed by atoms with Gasteiger partial charge in [-0.05, 0) is 6.07 Å². The van der Waals surface area contributed by atoms with Crippen LogP contribution in [0.2, 0.25) is 0 Å². The Kier molecular flexibility index (Phi) is 4.92. The molecule has 6 nitrogen and oxygen atoms in total. The first kappa shape index (κ1) is 13.5. The van der Waals surface area contributed by atoms with Crippen LogP contribution in [0.4, 0.5) is 5.69 Å². The highest BCUT2D eigenvalue weighted by Crippen LogP contribution is 2.29. The van der Waals surface area contributed by atoms with Gasteiger partial charge in [0.25, 0.3) is 5.69 Å².